The van der Waals surface area contributed by atoms with Crippen LogP contribution < -0.4 is 11.1 Å². The van der Waals surface area contributed by atoms with Crippen LogP contribution in [0.5, 0.6) is 0 Å². The van der Waals surface area contributed by atoms with Gasteiger partial charge < -0.3 is 11.1 Å². The first-order chi connectivity index (χ1) is 10.7. The molecule has 0 aliphatic heterocycles. The van der Waals surface area contributed by atoms with Crippen molar-refractivity contribution < 1.29 is 4.79 Å². The Morgan fingerprint density at radius 2 is 2.04 bits per heavy atom. The molecule has 0 bridgehead atoms. The number of aryl methyl sites for hydroxylation is 1. The first-order valence-corrected chi connectivity index (χ1v) is 9.00. The Morgan fingerprint density at radius 3 is 2.52 bits per heavy atom. The van der Waals surface area contributed by atoms with Crippen LogP contribution in [0.3, 0.4) is 0 Å². The summed E-state index contributed by atoms with van der Waals surface area (Å²) in [5, 5.41) is 5.03. The molecule has 4 nitrogen and oxygen atoms in total. The van der Waals surface area contributed by atoms with Gasteiger partial charge in [0.15, 0.2) is 0 Å². The van der Waals surface area contributed by atoms with E-state index in [1.165, 1.54) is 4.88 Å². The predicted molar refractivity (Wildman–Crippen MR) is 100 cm³/mol. The fourth-order valence-electron chi connectivity index (χ4n) is 2.44. The number of allylic oxidation sites excluding steroid dienone is 1. The van der Waals surface area contributed by atoms with Crippen LogP contribution in [-0.4, -0.2) is 18.8 Å². The van der Waals surface area contributed by atoms with Crippen LogP contribution in [0.4, 0.5) is 0 Å². The fourth-order valence-corrected chi connectivity index (χ4v) is 3.47. The fraction of sp³-hybridized carbons (Fsp3) is 0.556. The minimum Gasteiger partial charge on any atom is -0.391 e. The molecule has 0 atom stereocenters. The molecule has 0 aliphatic rings. The van der Waals surface area contributed by atoms with Gasteiger partial charge in [-0.15, -0.1) is 11.3 Å². The largest absolute Gasteiger partial charge is 0.391 e. The number of hydrogen-bond acceptors (Lipinski definition) is 3. The van der Waals surface area contributed by atoms with Gasteiger partial charge >= 0.3 is 0 Å². The van der Waals surface area contributed by atoms with Crippen molar-refractivity contribution in [3.8, 4) is 0 Å². The van der Waals surface area contributed by atoms with Gasteiger partial charge in [-0.2, -0.15) is 4.99 Å². The Balaban J connectivity index is 3.11. The lowest BCUT2D eigenvalue weighted by Gasteiger charge is -2.22. The smallest absolute Gasteiger partial charge is 0.280 e. The van der Waals surface area contributed by atoms with E-state index < -0.39 is 0 Å². The standard InChI is InChI=1S/C18H29N3OS/c1-7-9-12-13(11-23-14(12)8-2)17(22)21-16(19)10-15(20-6)18(3,4)5/h10-11,20H,7-9H2,1-6H3,(H2,19,21,22)/b15-10-. The predicted octanol–water partition coefficient (Wildman–Crippen LogP) is 3.91. The normalized spacial score (nSPS) is 13.3. The SMILES string of the molecule is CCCc1c(C(=O)N=C(N)/C=C(\NC)C(C)(C)C)csc1CC. The van der Waals surface area contributed by atoms with E-state index in [9.17, 15) is 4.79 Å². The van der Waals surface area contributed by atoms with Crippen LogP contribution in [0.1, 0.15) is 61.8 Å². The van der Waals surface area contributed by atoms with Gasteiger partial charge in [0.2, 0.25) is 0 Å². The van der Waals surface area contributed by atoms with Crippen LogP contribution in [-0.2, 0) is 12.8 Å². The Hall–Kier alpha value is -1.62. The molecule has 1 heterocycles. The molecule has 1 aromatic rings. The summed E-state index contributed by atoms with van der Waals surface area (Å²) in [6.45, 7) is 10.5. The van der Waals surface area contributed by atoms with Crippen LogP contribution in [0, 0.1) is 5.41 Å². The van der Waals surface area contributed by atoms with Gasteiger partial charge in [0.05, 0.1) is 5.56 Å². The lowest BCUT2D eigenvalue weighted by molar-refractivity contribution is 0.100. The molecule has 23 heavy (non-hydrogen) atoms. The van der Waals surface area contributed by atoms with Gasteiger partial charge in [-0.25, -0.2) is 0 Å². The van der Waals surface area contributed by atoms with E-state index in [1.807, 2.05) is 12.4 Å². The summed E-state index contributed by atoms with van der Waals surface area (Å²) >= 11 is 1.64. The zero-order valence-electron chi connectivity index (χ0n) is 15.1. The molecule has 0 aromatic carbocycles. The lowest BCUT2D eigenvalue weighted by atomic mass is 9.91. The Labute approximate surface area is 143 Å². The van der Waals surface area contributed by atoms with E-state index in [2.05, 4.69) is 44.9 Å². The number of nitrogens with one attached hydrogen (secondary N) is 1. The summed E-state index contributed by atoms with van der Waals surface area (Å²) in [6, 6.07) is 0. The van der Waals surface area contributed by atoms with E-state index in [0.29, 0.717) is 5.56 Å². The molecule has 0 unspecified atom stereocenters. The van der Waals surface area contributed by atoms with Crippen LogP contribution in [0.2, 0.25) is 0 Å². The number of aliphatic imine (C=N–C) groups is 1. The van der Waals surface area contributed by atoms with E-state index >= 15 is 0 Å². The van der Waals surface area contributed by atoms with Gasteiger partial charge in [0, 0.05) is 28.4 Å². The summed E-state index contributed by atoms with van der Waals surface area (Å²) in [6.07, 6.45) is 4.60. The molecule has 1 aromatic heterocycles. The molecule has 5 heteroatoms. The molecule has 1 rings (SSSR count). The van der Waals surface area contributed by atoms with Gasteiger partial charge in [0.1, 0.15) is 5.84 Å². The molecule has 0 fully saturated rings. The molecule has 0 saturated carbocycles. The zero-order chi connectivity index (χ0) is 17.6. The number of nitrogens with zero attached hydrogens (tertiary/aromatic N) is 1. The quantitative estimate of drug-likeness (QED) is 0.612. The van der Waals surface area contributed by atoms with Gasteiger partial charge in [-0.1, -0.05) is 41.0 Å². The average Bonchev–Trinajstić information content (AvgIpc) is 2.86. The summed E-state index contributed by atoms with van der Waals surface area (Å²) < 4.78 is 0. The summed E-state index contributed by atoms with van der Waals surface area (Å²) in [5.41, 5.74) is 8.66. The molecule has 0 saturated heterocycles. The van der Waals surface area contributed by atoms with E-state index in [4.69, 9.17) is 5.73 Å². The van der Waals surface area contributed by atoms with Crippen LogP contribution in [0.15, 0.2) is 22.1 Å². The van der Waals surface area contributed by atoms with Gasteiger partial charge in [-0.05, 0) is 24.5 Å². The van der Waals surface area contributed by atoms with Crippen molar-refractivity contribution in [1.29, 1.82) is 0 Å². The lowest BCUT2D eigenvalue weighted by Crippen LogP contribution is -2.24. The molecule has 3 N–H and O–H groups in total. The maximum absolute atomic E-state index is 12.5. The third-order valence-corrected chi connectivity index (χ3v) is 4.81. The molecule has 128 valence electrons. The van der Waals surface area contributed by atoms with E-state index in [0.717, 1.165) is 30.5 Å². The molecule has 1 amide bonds. The average molecular weight is 336 g/mol. The summed E-state index contributed by atoms with van der Waals surface area (Å²) in [7, 11) is 1.85. The minimum absolute atomic E-state index is 0.0803. The van der Waals surface area contributed by atoms with Crippen molar-refractivity contribution in [3.63, 3.8) is 0 Å². The molecular weight excluding hydrogens is 306 g/mol. The topological polar surface area (TPSA) is 67.5 Å². The monoisotopic (exact) mass is 335 g/mol. The highest BCUT2D eigenvalue weighted by Crippen LogP contribution is 2.26. The highest BCUT2D eigenvalue weighted by molar-refractivity contribution is 7.10. The van der Waals surface area contributed by atoms with E-state index in [1.54, 1.807) is 17.4 Å². The van der Waals surface area contributed by atoms with Crippen molar-refractivity contribution in [3.05, 3.63) is 33.2 Å². The zero-order valence-corrected chi connectivity index (χ0v) is 15.9. The minimum atomic E-state index is -0.248. The third kappa shape index (κ3) is 5.20. The maximum Gasteiger partial charge on any atom is 0.280 e. The van der Waals surface area contributed by atoms with Crippen molar-refractivity contribution in [2.24, 2.45) is 16.1 Å². The number of nitrogens with two attached hydrogens (primary N) is 1. The Morgan fingerprint density at radius 1 is 1.39 bits per heavy atom. The van der Waals surface area contributed by atoms with Gasteiger partial charge in [-0.3, -0.25) is 4.79 Å². The number of rotatable bonds is 6. The second-order valence-corrected chi connectivity index (χ2v) is 7.52. The number of amides is 1. The Bertz CT molecular complexity index is 606. The Kier molecular flexibility index (Phi) is 7.01. The van der Waals surface area contributed by atoms with Crippen molar-refractivity contribution in [2.75, 3.05) is 7.05 Å². The molecule has 0 aliphatic carbocycles. The second kappa shape index (κ2) is 8.29. The van der Waals surface area contributed by atoms with Crippen molar-refractivity contribution >= 4 is 23.1 Å². The van der Waals surface area contributed by atoms with Crippen LogP contribution in [0.25, 0.3) is 0 Å². The van der Waals surface area contributed by atoms with E-state index in [-0.39, 0.29) is 17.2 Å². The number of thiophene rings is 1. The number of carbonyl (C=O) groups is 1. The summed E-state index contributed by atoms with van der Waals surface area (Å²) in [4.78, 5) is 17.8. The maximum atomic E-state index is 12.5. The van der Waals surface area contributed by atoms with Crippen molar-refractivity contribution in [2.45, 2.75) is 53.9 Å². The molecule has 0 spiro atoms. The highest BCUT2D eigenvalue weighted by atomic mass is 32.1. The number of hydrogen-bond donors (Lipinski definition) is 2. The third-order valence-electron chi connectivity index (χ3n) is 3.63. The number of carbonyl (C=O) groups excluding carboxylic acids is 1. The molecule has 0 radical (unpaired) electrons. The number of amidine groups is 1. The summed E-state index contributed by atoms with van der Waals surface area (Å²) in [5.74, 6) is -0.0107. The highest BCUT2D eigenvalue weighted by Gasteiger charge is 2.18. The van der Waals surface area contributed by atoms with Gasteiger partial charge in [0.25, 0.3) is 5.91 Å². The first kappa shape index (κ1) is 19.4. The van der Waals surface area contributed by atoms with Crippen LogP contribution >= 0.6 is 11.3 Å². The first-order valence-electron chi connectivity index (χ1n) is 8.12. The molecular formula is C18H29N3OS. The van der Waals surface area contributed by atoms with Crippen molar-refractivity contribution in [1.82, 2.24) is 5.32 Å². The second-order valence-electron chi connectivity index (χ2n) is 6.55.